The lowest BCUT2D eigenvalue weighted by molar-refractivity contribution is -0.120. The molecule has 1 amide bonds. The van der Waals surface area contributed by atoms with Crippen LogP contribution >= 0.6 is 11.3 Å². The maximum absolute atomic E-state index is 11.9. The highest BCUT2D eigenvalue weighted by Gasteiger charge is 2.20. The number of hydrogen-bond donors (Lipinski definition) is 1. The van der Waals surface area contributed by atoms with Crippen LogP contribution in [0.15, 0.2) is 42.0 Å². The quantitative estimate of drug-likeness (QED) is 0.923. The zero-order valence-electron chi connectivity index (χ0n) is 12.6. The number of carbonyl (C=O) groups excluding carboxylic acids is 1. The minimum absolute atomic E-state index is 0.136. The molecule has 1 aliphatic rings. The second kappa shape index (κ2) is 7.40. The van der Waals surface area contributed by atoms with Gasteiger partial charge >= 0.3 is 0 Å². The third-order valence-corrected chi connectivity index (χ3v) is 5.00. The number of amides is 1. The minimum atomic E-state index is 0.136. The molecule has 1 saturated heterocycles. The molecule has 2 aromatic rings. The molecule has 0 aliphatic carbocycles. The van der Waals surface area contributed by atoms with Gasteiger partial charge in [-0.3, -0.25) is 9.78 Å². The third-order valence-electron chi connectivity index (χ3n) is 4.13. The number of nitrogens with one attached hydrogen (secondary N) is 1. The second-order valence-corrected chi connectivity index (χ2v) is 6.73. The Labute approximate surface area is 135 Å². The highest BCUT2D eigenvalue weighted by atomic mass is 32.1. The molecule has 2 aromatic heterocycles. The average molecular weight is 315 g/mol. The van der Waals surface area contributed by atoms with Gasteiger partial charge < -0.3 is 10.2 Å². The summed E-state index contributed by atoms with van der Waals surface area (Å²) in [6.07, 6.45) is 6.47. The normalized spacial score (nSPS) is 15.7. The van der Waals surface area contributed by atoms with Crippen molar-refractivity contribution in [2.75, 3.05) is 24.5 Å². The van der Waals surface area contributed by atoms with Gasteiger partial charge in [-0.2, -0.15) is 0 Å². The third kappa shape index (κ3) is 4.07. The molecule has 1 fully saturated rings. The van der Waals surface area contributed by atoms with Crippen LogP contribution in [0.1, 0.15) is 17.7 Å². The number of anilines is 1. The lowest BCUT2D eigenvalue weighted by Crippen LogP contribution is -2.39. The van der Waals surface area contributed by atoms with E-state index in [1.165, 1.54) is 5.69 Å². The Bertz CT molecular complexity index is 577. The predicted octanol–water partition coefficient (Wildman–Crippen LogP) is 2.72. The summed E-state index contributed by atoms with van der Waals surface area (Å²) < 4.78 is 0. The molecule has 0 aromatic carbocycles. The van der Waals surface area contributed by atoms with Crippen LogP contribution in [0.5, 0.6) is 0 Å². The standard InChI is InChI=1S/C17H21N3OS/c21-17(11-16-4-2-10-22-16)19-12-14-5-8-20(9-6-14)15-3-1-7-18-13-15/h1-4,7,10,13-14H,5-6,8-9,11-12H2,(H,19,21). The van der Waals surface area contributed by atoms with E-state index < -0.39 is 0 Å². The first-order valence-electron chi connectivity index (χ1n) is 7.75. The van der Waals surface area contributed by atoms with E-state index in [2.05, 4.69) is 21.3 Å². The number of piperidine rings is 1. The number of hydrogen-bond acceptors (Lipinski definition) is 4. The number of thiophene rings is 1. The van der Waals surface area contributed by atoms with Crippen molar-refractivity contribution in [3.8, 4) is 0 Å². The fourth-order valence-corrected chi connectivity index (χ4v) is 3.53. The minimum Gasteiger partial charge on any atom is -0.370 e. The molecule has 1 N–H and O–H groups in total. The number of carbonyl (C=O) groups is 1. The highest BCUT2D eigenvalue weighted by Crippen LogP contribution is 2.22. The van der Waals surface area contributed by atoms with Crippen LogP contribution in [0.25, 0.3) is 0 Å². The zero-order valence-corrected chi connectivity index (χ0v) is 13.4. The molecule has 116 valence electrons. The van der Waals surface area contributed by atoms with Crippen molar-refractivity contribution in [3.63, 3.8) is 0 Å². The van der Waals surface area contributed by atoms with Gasteiger partial charge in [0.15, 0.2) is 0 Å². The van der Waals surface area contributed by atoms with Crippen LogP contribution in [-0.2, 0) is 11.2 Å². The molecule has 22 heavy (non-hydrogen) atoms. The van der Waals surface area contributed by atoms with Gasteiger partial charge in [0.2, 0.25) is 5.91 Å². The number of aromatic nitrogens is 1. The van der Waals surface area contributed by atoms with Crippen molar-refractivity contribution in [3.05, 3.63) is 46.9 Å². The van der Waals surface area contributed by atoms with Crippen LogP contribution in [0.4, 0.5) is 5.69 Å². The van der Waals surface area contributed by atoms with Gasteiger partial charge in [-0.25, -0.2) is 0 Å². The molecule has 0 radical (unpaired) electrons. The second-order valence-electron chi connectivity index (χ2n) is 5.70. The Morgan fingerprint density at radius 2 is 2.18 bits per heavy atom. The molecular weight excluding hydrogens is 294 g/mol. The van der Waals surface area contributed by atoms with Gasteiger partial charge in [0, 0.05) is 30.7 Å². The highest BCUT2D eigenvalue weighted by molar-refractivity contribution is 7.10. The van der Waals surface area contributed by atoms with Crippen molar-refractivity contribution in [1.29, 1.82) is 0 Å². The van der Waals surface area contributed by atoms with E-state index in [4.69, 9.17) is 0 Å². The van der Waals surface area contributed by atoms with Crippen LogP contribution in [0.3, 0.4) is 0 Å². The molecule has 0 atom stereocenters. The average Bonchev–Trinajstić information content (AvgIpc) is 3.07. The number of rotatable bonds is 5. The van der Waals surface area contributed by atoms with Gasteiger partial charge in [0.25, 0.3) is 0 Å². The molecule has 0 spiro atoms. The summed E-state index contributed by atoms with van der Waals surface area (Å²) in [4.78, 5) is 19.6. The molecule has 0 bridgehead atoms. The maximum Gasteiger partial charge on any atom is 0.225 e. The Hall–Kier alpha value is -1.88. The first kappa shape index (κ1) is 15.0. The van der Waals surface area contributed by atoms with Crippen LogP contribution in [-0.4, -0.2) is 30.5 Å². The molecule has 3 rings (SSSR count). The Morgan fingerprint density at radius 1 is 1.32 bits per heavy atom. The summed E-state index contributed by atoms with van der Waals surface area (Å²) in [5.41, 5.74) is 1.20. The Kier molecular flexibility index (Phi) is 5.06. The fourth-order valence-electron chi connectivity index (χ4n) is 2.83. The van der Waals surface area contributed by atoms with E-state index in [0.717, 1.165) is 37.4 Å². The zero-order chi connectivity index (χ0) is 15.2. The van der Waals surface area contributed by atoms with Crippen LogP contribution in [0.2, 0.25) is 0 Å². The van der Waals surface area contributed by atoms with Crippen LogP contribution in [0, 0.1) is 5.92 Å². The summed E-state index contributed by atoms with van der Waals surface area (Å²) in [5, 5.41) is 5.09. The topological polar surface area (TPSA) is 45.2 Å². The smallest absolute Gasteiger partial charge is 0.225 e. The first-order chi connectivity index (χ1) is 10.8. The van der Waals surface area contributed by atoms with Gasteiger partial charge in [0.05, 0.1) is 18.3 Å². The van der Waals surface area contributed by atoms with E-state index in [9.17, 15) is 4.79 Å². The predicted molar refractivity (Wildman–Crippen MR) is 90.2 cm³/mol. The summed E-state index contributed by atoms with van der Waals surface area (Å²) in [5.74, 6) is 0.720. The van der Waals surface area contributed by atoms with E-state index in [0.29, 0.717) is 12.3 Å². The molecular formula is C17H21N3OS. The summed E-state index contributed by atoms with van der Waals surface area (Å²) in [7, 11) is 0. The SMILES string of the molecule is O=C(Cc1cccs1)NCC1CCN(c2cccnc2)CC1. The van der Waals surface area contributed by atoms with Crippen molar-refractivity contribution in [2.24, 2.45) is 5.92 Å². The van der Waals surface area contributed by atoms with Crippen molar-refractivity contribution in [2.45, 2.75) is 19.3 Å². The lowest BCUT2D eigenvalue weighted by Gasteiger charge is -2.33. The Morgan fingerprint density at radius 3 is 2.86 bits per heavy atom. The maximum atomic E-state index is 11.9. The molecule has 0 unspecified atom stereocenters. The summed E-state index contributed by atoms with van der Waals surface area (Å²) >= 11 is 1.64. The van der Waals surface area contributed by atoms with E-state index in [1.807, 2.05) is 29.8 Å². The molecule has 4 nitrogen and oxygen atoms in total. The largest absolute Gasteiger partial charge is 0.370 e. The fraction of sp³-hybridized carbons (Fsp3) is 0.412. The van der Waals surface area contributed by atoms with Gasteiger partial charge in [0.1, 0.15) is 0 Å². The van der Waals surface area contributed by atoms with Crippen molar-refractivity contribution in [1.82, 2.24) is 10.3 Å². The van der Waals surface area contributed by atoms with Crippen molar-refractivity contribution < 1.29 is 4.79 Å². The van der Waals surface area contributed by atoms with Gasteiger partial charge in [-0.1, -0.05) is 6.07 Å². The number of pyridine rings is 1. The number of nitrogens with zero attached hydrogens (tertiary/aromatic N) is 2. The van der Waals surface area contributed by atoms with E-state index >= 15 is 0 Å². The molecule has 3 heterocycles. The van der Waals surface area contributed by atoms with Crippen LogP contribution < -0.4 is 10.2 Å². The van der Waals surface area contributed by atoms with Crippen molar-refractivity contribution >= 4 is 22.9 Å². The van der Waals surface area contributed by atoms with Gasteiger partial charge in [-0.05, 0) is 42.3 Å². The van der Waals surface area contributed by atoms with E-state index in [1.54, 1.807) is 17.5 Å². The first-order valence-corrected chi connectivity index (χ1v) is 8.63. The summed E-state index contributed by atoms with van der Waals surface area (Å²) in [6.45, 7) is 2.87. The lowest BCUT2D eigenvalue weighted by atomic mass is 9.96. The monoisotopic (exact) mass is 315 g/mol. The molecule has 1 aliphatic heterocycles. The Balaban J connectivity index is 1.40. The van der Waals surface area contributed by atoms with Gasteiger partial charge in [-0.15, -0.1) is 11.3 Å². The van der Waals surface area contributed by atoms with E-state index in [-0.39, 0.29) is 5.91 Å². The molecule has 5 heteroatoms. The summed E-state index contributed by atoms with van der Waals surface area (Å²) in [6, 6.07) is 8.08. The molecule has 0 saturated carbocycles.